The van der Waals surface area contributed by atoms with Crippen LogP contribution >= 0.6 is 0 Å². The largest absolute Gasteiger partial charge is 0.480 e. The Morgan fingerprint density at radius 3 is 2.17 bits per heavy atom. The predicted octanol–water partition coefficient (Wildman–Crippen LogP) is 1.10. The third-order valence-electron chi connectivity index (χ3n) is 3.08. The van der Waals surface area contributed by atoms with Crippen LogP contribution in [0.25, 0.3) is 0 Å². The number of carbonyl (C=O) groups excluding carboxylic acids is 1. The van der Waals surface area contributed by atoms with Crippen molar-refractivity contribution in [2.45, 2.75) is 44.7 Å². The molecule has 1 amide bonds. The van der Waals surface area contributed by atoms with E-state index >= 15 is 0 Å². The summed E-state index contributed by atoms with van der Waals surface area (Å²) in [5, 5.41) is 11.7. The van der Waals surface area contributed by atoms with Crippen LogP contribution in [0.5, 0.6) is 0 Å². The van der Waals surface area contributed by atoms with Crippen LogP contribution in [0.3, 0.4) is 0 Å². The van der Waals surface area contributed by atoms with E-state index in [0.717, 1.165) is 5.56 Å². The molecule has 1 rings (SSSR count). The van der Waals surface area contributed by atoms with Crippen LogP contribution in [0.4, 0.5) is 0 Å². The Balaban J connectivity index is 2.86. The number of carbonyl (C=O) groups is 2. The number of aliphatic carboxylic acids is 1. The standard InChI is InChI=1S/C15H22N2O5S/c1-10(2)8-14(15(19)20)17-23(21,22)13-6-4-12(5-7-13)9-16-11(3)18/h4-7,10,14,17H,8-9H2,1-3H3,(H,16,18)(H,19,20)/t14-/m0/s1. The zero-order chi connectivity index (χ0) is 17.6. The molecule has 0 aromatic heterocycles. The van der Waals surface area contributed by atoms with Crippen LogP contribution in [0.15, 0.2) is 29.2 Å². The van der Waals surface area contributed by atoms with E-state index in [2.05, 4.69) is 10.0 Å². The molecule has 1 atom stereocenters. The maximum Gasteiger partial charge on any atom is 0.321 e. The number of carboxylic acids is 1. The lowest BCUT2D eigenvalue weighted by Crippen LogP contribution is -2.41. The minimum Gasteiger partial charge on any atom is -0.480 e. The van der Waals surface area contributed by atoms with E-state index in [9.17, 15) is 18.0 Å². The molecule has 0 saturated carbocycles. The average Bonchev–Trinajstić information content (AvgIpc) is 2.44. The van der Waals surface area contributed by atoms with E-state index in [4.69, 9.17) is 5.11 Å². The number of hydrogen-bond donors (Lipinski definition) is 3. The first-order valence-corrected chi connectivity index (χ1v) is 8.68. The van der Waals surface area contributed by atoms with Crippen LogP contribution in [0, 0.1) is 5.92 Å². The summed E-state index contributed by atoms with van der Waals surface area (Å²) in [7, 11) is -3.92. The van der Waals surface area contributed by atoms with Crippen molar-refractivity contribution >= 4 is 21.9 Å². The molecule has 0 unspecified atom stereocenters. The van der Waals surface area contributed by atoms with Gasteiger partial charge in [-0.3, -0.25) is 9.59 Å². The van der Waals surface area contributed by atoms with Gasteiger partial charge in [0.15, 0.2) is 0 Å². The summed E-state index contributed by atoms with van der Waals surface area (Å²) in [6, 6.07) is 4.74. The first-order valence-electron chi connectivity index (χ1n) is 7.20. The topological polar surface area (TPSA) is 113 Å². The number of carboxylic acid groups (broad SMARTS) is 1. The van der Waals surface area contributed by atoms with Gasteiger partial charge in [-0.15, -0.1) is 0 Å². The second-order valence-electron chi connectivity index (χ2n) is 5.70. The molecule has 0 aliphatic rings. The Kier molecular flexibility index (Phi) is 6.71. The molecule has 0 bridgehead atoms. The second-order valence-corrected chi connectivity index (χ2v) is 7.41. The van der Waals surface area contributed by atoms with Crippen LogP contribution < -0.4 is 10.0 Å². The van der Waals surface area contributed by atoms with Crippen molar-refractivity contribution in [1.29, 1.82) is 0 Å². The number of rotatable bonds is 8. The molecule has 0 fully saturated rings. The van der Waals surface area contributed by atoms with Gasteiger partial charge >= 0.3 is 5.97 Å². The van der Waals surface area contributed by atoms with Crippen molar-refractivity contribution < 1.29 is 23.1 Å². The van der Waals surface area contributed by atoms with Crippen LogP contribution in [-0.4, -0.2) is 31.4 Å². The van der Waals surface area contributed by atoms with Crippen LogP contribution in [-0.2, 0) is 26.2 Å². The quantitative estimate of drug-likeness (QED) is 0.655. The van der Waals surface area contributed by atoms with Crippen molar-refractivity contribution in [3.8, 4) is 0 Å². The van der Waals surface area contributed by atoms with Crippen LogP contribution in [0.2, 0.25) is 0 Å². The smallest absolute Gasteiger partial charge is 0.321 e. The highest BCUT2D eigenvalue weighted by molar-refractivity contribution is 7.89. The van der Waals surface area contributed by atoms with E-state index in [1.54, 1.807) is 12.1 Å². The van der Waals surface area contributed by atoms with E-state index in [1.165, 1.54) is 19.1 Å². The van der Waals surface area contributed by atoms with Gasteiger partial charge < -0.3 is 10.4 Å². The SMILES string of the molecule is CC(=O)NCc1ccc(S(=O)(=O)N[C@@H](CC(C)C)C(=O)O)cc1. The molecule has 0 saturated heterocycles. The molecule has 8 heteroatoms. The Morgan fingerprint density at radius 1 is 1.17 bits per heavy atom. The highest BCUT2D eigenvalue weighted by Crippen LogP contribution is 2.13. The summed E-state index contributed by atoms with van der Waals surface area (Å²) in [6.07, 6.45) is 0.204. The highest BCUT2D eigenvalue weighted by Gasteiger charge is 2.26. The summed E-state index contributed by atoms with van der Waals surface area (Å²) < 4.78 is 26.7. The molecule has 7 nitrogen and oxygen atoms in total. The zero-order valence-electron chi connectivity index (χ0n) is 13.4. The molecular formula is C15H22N2O5S. The molecule has 0 radical (unpaired) electrons. The van der Waals surface area contributed by atoms with Gasteiger partial charge in [0.25, 0.3) is 0 Å². The number of hydrogen-bond acceptors (Lipinski definition) is 4. The Hall–Kier alpha value is -1.93. The number of sulfonamides is 1. The summed E-state index contributed by atoms with van der Waals surface area (Å²) in [6.45, 7) is 5.33. The monoisotopic (exact) mass is 342 g/mol. The normalized spacial score (nSPS) is 12.9. The fourth-order valence-corrected chi connectivity index (χ4v) is 3.14. The fraction of sp³-hybridized carbons (Fsp3) is 0.467. The lowest BCUT2D eigenvalue weighted by Gasteiger charge is -2.16. The van der Waals surface area contributed by atoms with Crippen molar-refractivity contribution in [3.05, 3.63) is 29.8 Å². The van der Waals surface area contributed by atoms with E-state index in [1.807, 2.05) is 13.8 Å². The molecule has 0 aliphatic heterocycles. The van der Waals surface area contributed by atoms with E-state index < -0.39 is 22.0 Å². The first-order chi connectivity index (χ1) is 10.6. The minimum atomic E-state index is -3.92. The molecule has 23 heavy (non-hydrogen) atoms. The summed E-state index contributed by atoms with van der Waals surface area (Å²) in [5.41, 5.74) is 0.746. The molecule has 3 N–H and O–H groups in total. The summed E-state index contributed by atoms with van der Waals surface area (Å²) >= 11 is 0. The van der Waals surface area contributed by atoms with Crippen molar-refractivity contribution in [2.75, 3.05) is 0 Å². The molecule has 1 aromatic carbocycles. The lowest BCUT2D eigenvalue weighted by atomic mass is 10.1. The third kappa shape index (κ3) is 6.37. The molecular weight excluding hydrogens is 320 g/mol. The van der Waals surface area contributed by atoms with Gasteiger partial charge in [0.1, 0.15) is 6.04 Å². The first kappa shape index (κ1) is 19.1. The highest BCUT2D eigenvalue weighted by atomic mass is 32.2. The Morgan fingerprint density at radius 2 is 1.74 bits per heavy atom. The van der Waals surface area contributed by atoms with Gasteiger partial charge in [-0.2, -0.15) is 4.72 Å². The Bertz CT molecular complexity index is 653. The van der Waals surface area contributed by atoms with Gasteiger partial charge in [-0.05, 0) is 30.0 Å². The summed E-state index contributed by atoms with van der Waals surface area (Å²) in [5.74, 6) is -1.34. The molecule has 128 valence electrons. The van der Waals surface area contributed by atoms with E-state index in [0.29, 0.717) is 6.54 Å². The Labute approximate surface area is 136 Å². The third-order valence-corrected chi connectivity index (χ3v) is 4.57. The maximum absolute atomic E-state index is 12.3. The predicted molar refractivity (Wildman–Crippen MR) is 85.2 cm³/mol. The number of nitrogens with one attached hydrogen (secondary N) is 2. The molecule has 1 aromatic rings. The van der Waals surface area contributed by atoms with Crippen molar-refractivity contribution in [2.24, 2.45) is 5.92 Å². The average molecular weight is 342 g/mol. The second kappa shape index (κ2) is 8.07. The van der Waals surface area contributed by atoms with Gasteiger partial charge in [0, 0.05) is 13.5 Å². The summed E-state index contributed by atoms with van der Waals surface area (Å²) in [4.78, 5) is 22.0. The number of benzene rings is 1. The molecule has 0 heterocycles. The maximum atomic E-state index is 12.3. The van der Waals surface area contributed by atoms with Crippen molar-refractivity contribution in [1.82, 2.24) is 10.0 Å². The zero-order valence-corrected chi connectivity index (χ0v) is 14.2. The lowest BCUT2D eigenvalue weighted by molar-refractivity contribution is -0.139. The van der Waals surface area contributed by atoms with Crippen LogP contribution in [0.1, 0.15) is 32.8 Å². The minimum absolute atomic E-state index is 0.0147. The van der Waals surface area contributed by atoms with Gasteiger partial charge in [0.05, 0.1) is 4.90 Å². The van der Waals surface area contributed by atoms with E-state index in [-0.39, 0.29) is 23.1 Å². The fourth-order valence-electron chi connectivity index (χ4n) is 1.94. The van der Waals surface area contributed by atoms with Crippen molar-refractivity contribution in [3.63, 3.8) is 0 Å². The van der Waals surface area contributed by atoms with Gasteiger partial charge in [-0.1, -0.05) is 26.0 Å². The van der Waals surface area contributed by atoms with Gasteiger partial charge in [0.2, 0.25) is 15.9 Å². The van der Waals surface area contributed by atoms with Gasteiger partial charge in [-0.25, -0.2) is 8.42 Å². The molecule has 0 spiro atoms. The molecule has 0 aliphatic carbocycles. The number of amides is 1.